The first-order chi connectivity index (χ1) is 6.93. The van der Waals surface area contributed by atoms with Crippen molar-refractivity contribution in [2.75, 3.05) is 6.61 Å². The zero-order chi connectivity index (χ0) is 11.6. The van der Waals surface area contributed by atoms with E-state index in [1.54, 1.807) is 6.92 Å². The van der Waals surface area contributed by atoms with Gasteiger partial charge in [0.1, 0.15) is 12.2 Å². The van der Waals surface area contributed by atoms with Gasteiger partial charge in [0.2, 0.25) is 0 Å². The first kappa shape index (κ1) is 12.9. The molecule has 1 fully saturated rings. The molecular weight excluding hydrogens is 200 g/mol. The number of aliphatic hydroxyl groups excluding tert-OH is 3. The first-order valence-electron chi connectivity index (χ1n) is 5.24. The van der Waals surface area contributed by atoms with Crippen molar-refractivity contribution < 1.29 is 24.8 Å². The van der Waals surface area contributed by atoms with Gasteiger partial charge in [0, 0.05) is 5.92 Å². The minimum absolute atomic E-state index is 0.0226. The molecule has 1 saturated heterocycles. The molecule has 1 aliphatic heterocycles. The summed E-state index contributed by atoms with van der Waals surface area (Å²) in [7, 11) is 0. The second-order valence-corrected chi connectivity index (χ2v) is 4.29. The monoisotopic (exact) mass is 220 g/mol. The lowest BCUT2D eigenvalue weighted by atomic mass is 9.93. The zero-order valence-electron chi connectivity index (χ0n) is 9.33. The van der Waals surface area contributed by atoms with Crippen LogP contribution >= 0.6 is 0 Å². The van der Waals surface area contributed by atoms with Gasteiger partial charge in [-0.1, -0.05) is 6.92 Å². The third kappa shape index (κ3) is 3.12. The van der Waals surface area contributed by atoms with E-state index in [1.165, 1.54) is 0 Å². The van der Waals surface area contributed by atoms with E-state index in [9.17, 15) is 15.3 Å². The van der Waals surface area contributed by atoms with Crippen molar-refractivity contribution in [1.29, 1.82) is 0 Å². The summed E-state index contributed by atoms with van der Waals surface area (Å²) in [4.78, 5) is 0. The van der Waals surface area contributed by atoms with Gasteiger partial charge < -0.3 is 24.8 Å². The Bertz CT molecular complexity index is 196. The van der Waals surface area contributed by atoms with Gasteiger partial charge in [-0.2, -0.15) is 0 Å². The third-order valence-electron chi connectivity index (χ3n) is 2.63. The Kier molecular flexibility index (Phi) is 4.48. The van der Waals surface area contributed by atoms with Crippen molar-refractivity contribution in [1.82, 2.24) is 0 Å². The fourth-order valence-corrected chi connectivity index (χ4v) is 1.51. The van der Waals surface area contributed by atoms with E-state index in [0.29, 0.717) is 0 Å². The van der Waals surface area contributed by atoms with E-state index in [-0.39, 0.29) is 12.7 Å². The highest BCUT2D eigenvalue weighted by Crippen LogP contribution is 2.24. The van der Waals surface area contributed by atoms with E-state index in [2.05, 4.69) is 0 Å². The lowest BCUT2D eigenvalue weighted by Gasteiger charge is -2.39. The molecule has 15 heavy (non-hydrogen) atoms. The number of hydrogen-bond acceptors (Lipinski definition) is 5. The molecular formula is C10H20O5. The van der Waals surface area contributed by atoms with E-state index in [4.69, 9.17) is 9.47 Å². The third-order valence-corrected chi connectivity index (χ3v) is 2.63. The minimum Gasteiger partial charge on any atom is -0.390 e. The van der Waals surface area contributed by atoms with Gasteiger partial charge in [0.25, 0.3) is 0 Å². The Labute approximate surface area is 89.6 Å². The fraction of sp³-hybridized carbons (Fsp3) is 1.00. The lowest BCUT2D eigenvalue weighted by molar-refractivity contribution is -0.270. The molecule has 0 spiro atoms. The summed E-state index contributed by atoms with van der Waals surface area (Å²) in [5.74, 6) is -0.490. The molecule has 1 heterocycles. The summed E-state index contributed by atoms with van der Waals surface area (Å²) in [6, 6.07) is 0. The summed E-state index contributed by atoms with van der Waals surface area (Å²) in [5, 5.41) is 28.7. The normalized spacial score (nSPS) is 42.2. The smallest absolute Gasteiger partial charge is 0.160 e. The van der Waals surface area contributed by atoms with Crippen molar-refractivity contribution in [3.05, 3.63) is 0 Å². The molecule has 0 amide bonds. The molecule has 0 aliphatic carbocycles. The van der Waals surface area contributed by atoms with Crippen LogP contribution in [0.5, 0.6) is 0 Å². The second kappa shape index (κ2) is 5.23. The van der Waals surface area contributed by atoms with Crippen molar-refractivity contribution >= 4 is 0 Å². The molecule has 0 aromatic heterocycles. The maximum absolute atomic E-state index is 9.67. The van der Waals surface area contributed by atoms with Crippen LogP contribution in [0.3, 0.4) is 0 Å². The Hall–Kier alpha value is -0.200. The highest BCUT2D eigenvalue weighted by atomic mass is 16.6. The molecule has 1 aliphatic rings. The lowest BCUT2D eigenvalue weighted by Crippen LogP contribution is -2.55. The molecule has 5 atom stereocenters. The van der Waals surface area contributed by atoms with Crippen molar-refractivity contribution in [3.8, 4) is 0 Å². The van der Waals surface area contributed by atoms with Crippen molar-refractivity contribution in [2.45, 2.75) is 51.5 Å². The molecule has 90 valence electrons. The van der Waals surface area contributed by atoms with Gasteiger partial charge in [-0.15, -0.1) is 0 Å². The highest BCUT2D eigenvalue weighted by Gasteiger charge is 2.41. The van der Waals surface area contributed by atoms with Gasteiger partial charge in [-0.3, -0.25) is 0 Å². The van der Waals surface area contributed by atoms with Crippen molar-refractivity contribution in [2.24, 2.45) is 5.92 Å². The Balaban J connectivity index is 2.51. The maximum Gasteiger partial charge on any atom is 0.160 e. The average molecular weight is 220 g/mol. The van der Waals surface area contributed by atoms with Crippen LogP contribution in [0, 0.1) is 5.92 Å². The minimum atomic E-state index is -1.05. The van der Waals surface area contributed by atoms with E-state index in [1.807, 2.05) is 13.8 Å². The highest BCUT2D eigenvalue weighted by molar-refractivity contribution is 4.86. The number of rotatable bonds is 3. The second-order valence-electron chi connectivity index (χ2n) is 4.29. The quantitative estimate of drug-likeness (QED) is 0.597. The Morgan fingerprint density at radius 1 is 1.20 bits per heavy atom. The fourth-order valence-electron chi connectivity index (χ4n) is 1.51. The maximum atomic E-state index is 9.67. The van der Waals surface area contributed by atoms with Crippen LogP contribution in [0.2, 0.25) is 0 Å². The summed E-state index contributed by atoms with van der Waals surface area (Å²) in [5.41, 5.74) is 0. The van der Waals surface area contributed by atoms with Crippen LogP contribution in [-0.4, -0.2) is 52.6 Å². The van der Waals surface area contributed by atoms with Gasteiger partial charge in [0.05, 0.1) is 18.8 Å². The largest absolute Gasteiger partial charge is 0.390 e. The molecule has 5 nitrogen and oxygen atoms in total. The Morgan fingerprint density at radius 2 is 1.80 bits per heavy atom. The van der Waals surface area contributed by atoms with Gasteiger partial charge in [-0.05, 0) is 13.8 Å². The van der Waals surface area contributed by atoms with E-state index < -0.39 is 30.5 Å². The summed E-state index contributed by atoms with van der Waals surface area (Å²) in [6.07, 6.45) is -3.69. The molecule has 3 N–H and O–H groups in total. The Morgan fingerprint density at radius 3 is 2.33 bits per heavy atom. The molecule has 0 aromatic rings. The van der Waals surface area contributed by atoms with Crippen LogP contribution in [0.15, 0.2) is 0 Å². The topological polar surface area (TPSA) is 79.2 Å². The SMILES string of the molecule is CC(C)OCC1OC(O)C(C)C(O)C1O. The molecule has 5 unspecified atom stereocenters. The number of hydrogen-bond donors (Lipinski definition) is 3. The molecule has 0 radical (unpaired) electrons. The van der Waals surface area contributed by atoms with Crippen LogP contribution in [0.4, 0.5) is 0 Å². The van der Waals surface area contributed by atoms with Gasteiger partial charge in [-0.25, -0.2) is 0 Å². The van der Waals surface area contributed by atoms with Crippen LogP contribution < -0.4 is 0 Å². The average Bonchev–Trinajstić information content (AvgIpc) is 2.18. The van der Waals surface area contributed by atoms with Gasteiger partial charge in [0.15, 0.2) is 6.29 Å². The van der Waals surface area contributed by atoms with E-state index in [0.717, 1.165) is 0 Å². The zero-order valence-corrected chi connectivity index (χ0v) is 9.33. The van der Waals surface area contributed by atoms with Crippen LogP contribution in [0.25, 0.3) is 0 Å². The van der Waals surface area contributed by atoms with Crippen LogP contribution in [-0.2, 0) is 9.47 Å². The summed E-state index contributed by atoms with van der Waals surface area (Å²) < 4.78 is 10.4. The van der Waals surface area contributed by atoms with Crippen molar-refractivity contribution in [3.63, 3.8) is 0 Å². The van der Waals surface area contributed by atoms with E-state index >= 15 is 0 Å². The molecule has 0 saturated carbocycles. The molecule has 0 aromatic carbocycles. The molecule has 1 rings (SSSR count). The van der Waals surface area contributed by atoms with Crippen LogP contribution in [0.1, 0.15) is 20.8 Å². The molecule has 0 bridgehead atoms. The first-order valence-corrected chi connectivity index (χ1v) is 5.24. The number of aliphatic hydroxyl groups is 3. The number of ether oxygens (including phenoxy) is 2. The van der Waals surface area contributed by atoms with Gasteiger partial charge >= 0.3 is 0 Å². The summed E-state index contributed by atoms with van der Waals surface area (Å²) in [6.45, 7) is 5.52. The predicted molar refractivity (Wildman–Crippen MR) is 53.1 cm³/mol. The predicted octanol–water partition coefficient (Wildman–Crippen LogP) is -0.514. The summed E-state index contributed by atoms with van der Waals surface area (Å²) >= 11 is 0. The molecule has 5 heteroatoms. The standard InChI is InChI=1S/C10H20O5/c1-5(2)14-4-7-9(12)8(11)6(3)10(13)15-7/h5-13H,4H2,1-3H3.